The number of carbonyl (C=O) groups excluding carboxylic acids is 2. The monoisotopic (exact) mass is 368 g/mol. The summed E-state index contributed by atoms with van der Waals surface area (Å²) in [6.45, 7) is 6.80. The van der Waals surface area contributed by atoms with Gasteiger partial charge in [-0.05, 0) is 43.2 Å². The van der Waals surface area contributed by atoms with E-state index in [9.17, 15) is 9.59 Å². The maximum atomic E-state index is 13.8. The van der Waals surface area contributed by atoms with Gasteiger partial charge in [-0.25, -0.2) is 0 Å². The topological polar surface area (TPSA) is 40.6 Å². The van der Waals surface area contributed by atoms with E-state index in [1.165, 1.54) is 6.42 Å². The summed E-state index contributed by atoms with van der Waals surface area (Å²) in [5, 5.41) is 0. The Labute approximate surface area is 162 Å². The second-order valence-corrected chi connectivity index (χ2v) is 9.03. The summed E-state index contributed by atoms with van der Waals surface area (Å²) >= 11 is 0. The number of benzene rings is 1. The van der Waals surface area contributed by atoms with Crippen LogP contribution in [0.1, 0.15) is 80.6 Å². The summed E-state index contributed by atoms with van der Waals surface area (Å²) in [5.41, 5.74) is 1.38. The number of hydrogen-bond acceptors (Lipinski definition) is 2. The van der Waals surface area contributed by atoms with Gasteiger partial charge in [-0.15, -0.1) is 0 Å². The second kappa shape index (κ2) is 7.29. The molecular weight excluding hydrogens is 336 g/mol. The third-order valence-electron chi connectivity index (χ3n) is 6.75. The number of amides is 2. The van der Waals surface area contributed by atoms with E-state index in [1.54, 1.807) is 0 Å². The van der Waals surface area contributed by atoms with Crippen molar-refractivity contribution in [2.45, 2.75) is 70.3 Å². The Morgan fingerprint density at radius 3 is 2.41 bits per heavy atom. The fourth-order valence-corrected chi connectivity index (χ4v) is 5.57. The van der Waals surface area contributed by atoms with Crippen LogP contribution in [0, 0.1) is 5.92 Å². The largest absolute Gasteiger partial charge is 0.342 e. The van der Waals surface area contributed by atoms with Crippen LogP contribution in [-0.2, 0) is 4.79 Å². The van der Waals surface area contributed by atoms with Gasteiger partial charge in [-0.3, -0.25) is 9.59 Å². The molecule has 0 radical (unpaired) electrons. The first-order valence-electron chi connectivity index (χ1n) is 10.7. The van der Waals surface area contributed by atoms with Gasteiger partial charge in [-0.2, -0.15) is 0 Å². The van der Waals surface area contributed by atoms with Crippen LogP contribution in [0.15, 0.2) is 24.3 Å². The number of carbonyl (C=O) groups is 2. The third-order valence-corrected chi connectivity index (χ3v) is 6.75. The van der Waals surface area contributed by atoms with Crippen LogP contribution in [0.5, 0.6) is 0 Å². The Balaban J connectivity index is 1.86. The predicted molar refractivity (Wildman–Crippen MR) is 107 cm³/mol. The Kier molecular flexibility index (Phi) is 5.00. The number of likely N-dealkylation sites (tertiary alicyclic amines) is 1. The van der Waals surface area contributed by atoms with E-state index in [2.05, 4.69) is 23.6 Å². The molecule has 1 atom stereocenters. The molecule has 0 bridgehead atoms. The molecule has 0 aromatic heterocycles. The van der Waals surface area contributed by atoms with Crippen molar-refractivity contribution in [3.8, 4) is 0 Å². The molecule has 2 heterocycles. The number of fused-ring (bicyclic) bond motifs is 1. The molecule has 4 nitrogen and oxygen atoms in total. The Morgan fingerprint density at radius 1 is 1.07 bits per heavy atom. The fourth-order valence-electron chi connectivity index (χ4n) is 5.57. The van der Waals surface area contributed by atoms with Crippen molar-refractivity contribution in [1.82, 2.24) is 9.80 Å². The van der Waals surface area contributed by atoms with Crippen LogP contribution >= 0.6 is 0 Å². The van der Waals surface area contributed by atoms with Gasteiger partial charge in [0, 0.05) is 25.2 Å². The van der Waals surface area contributed by atoms with Gasteiger partial charge in [0.1, 0.15) is 0 Å². The highest BCUT2D eigenvalue weighted by atomic mass is 16.2. The van der Waals surface area contributed by atoms with Gasteiger partial charge < -0.3 is 9.80 Å². The normalized spacial score (nSPS) is 24.6. The maximum Gasteiger partial charge on any atom is 0.254 e. The second-order valence-electron chi connectivity index (χ2n) is 9.03. The van der Waals surface area contributed by atoms with Crippen molar-refractivity contribution in [2.75, 3.05) is 19.6 Å². The Bertz CT molecular complexity index is 715. The zero-order valence-electron chi connectivity index (χ0n) is 16.7. The van der Waals surface area contributed by atoms with E-state index in [1.807, 2.05) is 24.3 Å². The molecule has 1 aromatic carbocycles. The minimum Gasteiger partial charge on any atom is -0.342 e. The molecule has 0 N–H and O–H groups in total. The summed E-state index contributed by atoms with van der Waals surface area (Å²) in [6, 6.07) is 7.88. The highest BCUT2D eigenvalue weighted by Gasteiger charge is 2.55. The molecule has 1 saturated carbocycles. The minimum absolute atomic E-state index is 0.131. The average Bonchev–Trinajstić information content (AvgIpc) is 3.21. The Morgan fingerprint density at radius 2 is 1.74 bits per heavy atom. The lowest BCUT2D eigenvalue weighted by Gasteiger charge is -2.54. The summed E-state index contributed by atoms with van der Waals surface area (Å²) in [7, 11) is 0. The van der Waals surface area contributed by atoms with E-state index in [0.717, 1.165) is 69.3 Å². The van der Waals surface area contributed by atoms with Crippen LogP contribution in [0.3, 0.4) is 0 Å². The standard InChI is InChI=1S/C23H32N2O2/c1-17(2)16-25-21(26)19-11-5-4-10-18(19)20(22(27)24-14-8-9-15-24)23(25)12-6-3-7-13-23/h4-5,10-11,17,20H,3,6-9,12-16H2,1-2H3/t20-/m0/s1. The van der Waals surface area contributed by atoms with Gasteiger partial charge in [-0.1, -0.05) is 51.3 Å². The molecule has 27 heavy (non-hydrogen) atoms. The number of rotatable bonds is 3. The molecule has 1 aromatic rings. The number of nitrogens with zero attached hydrogens (tertiary/aromatic N) is 2. The quantitative estimate of drug-likeness (QED) is 0.802. The lowest BCUT2D eigenvalue weighted by atomic mass is 9.65. The molecule has 4 rings (SSSR count). The number of hydrogen-bond donors (Lipinski definition) is 0. The van der Waals surface area contributed by atoms with Crippen molar-refractivity contribution in [3.05, 3.63) is 35.4 Å². The lowest BCUT2D eigenvalue weighted by Crippen LogP contribution is -2.63. The molecular formula is C23H32N2O2. The van der Waals surface area contributed by atoms with Crippen molar-refractivity contribution in [2.24, 2.45) is 5.92 Å². The minimum atomic E-state index is -0.340. The molecule has 2 amide bonds. The molecule has 1 spiro atoms. The van der Waals surface area contributed by atoms with Gasteiger partial charge >= 0.3 is 0 Å². The van der Waals surface area contributed by atoms with Gasteiger partial charge in [0.2, 0.25) is 5.91 Å². The smallest absolute Gasteiger partial charge is 0.254 e. The van der Waals surface area contributed by atoms with Crippen molar-refractivity contribution in [3.63, 3.8) is 0 Å². The van der Waals surface area contributed by atoms with Crippen LogP contribution in [-0.4, -0.2) is 46.8 Å². The van der Waals surface area contributed by atoms with Crippen LogP contribution in [0.2, 0.25) is 0 Å². The van der Waals surface area contributed by atoms with Crippen LogP contribution in [0.25, 0.3) is 0 Å². The zero-order chi connectivity index (χ0) is 19.0. The van der Waals surface area contributed by atoms with E-state index in [0.29, 0.717) is 5.92 Å². The van der Waals surface area contributed by atoms with Crippen molar-refractivity contribution < 1.29 is 9.59 Å². The summed E-state index contributed by atoms with van der Waals surface area (Å²) in [6.07, 6.45) is 7.51. The molecule has 1 saturated heterocycles. The predicted octanol–water partition coefficient (Wildman–Crippen LogP) is 4.21. The molecule has 2 aliphatic heterocycles. The fraction of sp³-hybridized carbons (Fsp3) is 0.652. The van der Waals surface area contributed by atoms with Gasteiger partial charge in [0.05, 0.1) is 11.5 Å². The van der Waals surface area contributed by atoms with E-state index >= 15 is 0 Å². The van der Waals surface area contributed by atoms with Crippen molar-refractivity contribution in [1.29, 1.82) is 0 Å². The van der Waals surface area contributed by atoms with Gasteiger partial charge in [0.25, 0.3) is 5.91 Å². The van der Waals surface area contributed by atoms with E-state index < -0.39 is 0 Å². The van der Waals surface area contributed by atoms with Crippen LogP contribution in [0.4, 0.5) is 0 Å². The van der Waals surface area contributed by atoms with E-state index in [4.69, 9.17) is 0 Å². The molecule has 4 heteroatoms. The highest BCUT2D eigenvalue weighted by Crippen LogP contribution is 2.50. The molecule has 3 aliphatic rings. The zero-order valence-corrected chi connectivity index (χ0v) is 16.7. The van der Waals surface area contributed by atoms with Crippen molar-refractivity contribution >= 4 is 11.8 Å². The first-order valence-corrected chi connectivity index (χ1v) is 10.7. The SMILES string of the molecule is CC(C)CN1C(=O)c2ccccc2[C@@H](C(=O)N2CCCC2)C12CCCCC2. The lowest BCUT2D eigenvalue weighted by molar-refractivity contribution is -0.137. The Hall–Kier alpha value is -1.84. The van der Waals surface area contributed by atoms with Crippen LogP contribution < -0.4 is 0 Å². The molecule has 1 aliphatic carbocycles. The van der Waals surface area contributed by atoms with Gasteiger partial charge in [0.15, 0.2) is 0 Å². The maximum absolute atomic E-state index is 13.8. The summed E-state index contributed by atoms with van der Waals surface area (Å²) in [5.74, 6) is 0.568. The summed E-state index contributed by atoms with van der Waals surface area (Å²) < 4.78 is 0. The first-order chi connectivity index (χ1) is 13.0. The average molecular weight is 369 g/mol. The highest BCUT2D eigenvalue weighted by molar-refractivity contribution is 6.02. The molecule has 0 unspecified atom stereocenters. The third kappa shape index (κ3) is 3.07. The molecule has 146 valence electrons. The molecule has 2 fully saturated rings. The summed E-state index contributed by atoms with van der Waals surface area (Å²) in [4.78, 5) is 31.4. The first kappa shape index (κ1) is 18.5. The van der Waals surface area contributed by atoms with E-state index in [-0.39, 0.29) is 23.3 Å².